The zero-order valence-corrected chi connectivity index (χ0v) is 6.26. The molecule has 2 nitrogen and oxygen atoms in total. The Hall–Kier alpha value is -1.13. The summed E-state index contributed by atoms with van der Waals surface area (Å²) in [6.07, 6.45) is -1.29. The lowest BCUT2D eigenvalue weighted by Crippen LogP contribution is -2.06. The Morgan fingerprint density at radius 3 is 2.08 bits per heavy atom. The van der Waals surface area contributed by atoms with Gasteiger partial charge in [-0.2, -0.15) is 13.2 Å². The summed E-state index contributed by atoms with van der Waals surface area (Å²) in [4.78, 5) is 6.95. The van der Waals surface area contributed by atoms with Crippen LogP contribution in [0.15, 0.2) is 12.4 Å². The van der Waals surface area contributed by atoms with Gasteiger partial charge in [0.2, 0.25) is 0 Å². The lowest BCUT2D eigenvalue weighted by molar-refractivity contribution is -0.138. The van der Waals surface area contributed by atoms with E-state index in [1.807, 2.05) is 0 Å². The third kappa shape index (κ3) is 1.93. The van der Waals surface area contributed by atoms with Gasteiger partial charge in [0.15, 0.2) is 0 Å². The van der Waals surface area contributed by atoms with Gasteiger partial charge in [0.05, 0.1) is 5.56 Å². The summed E-state index contributed by atoms with van der Waals surface area (Å²) in [5.41, 5.74) is -0.826. The molecule has 65 valence electrons. The molecule has 0 bridgehead atoms. The van der Waals surface area contributed by atoms with Crippen LogP contribution in [0.1, 0.15) is 18.3 Å². The minimum Gasteiger partial charge on any atom is -0.240 e. The van der Waals surface area contributed by atoms with Crippen LogP contribution in [0.4, 0.5) is 13.2 Å². The predicted molar refractivity (Wildman–Crippen MR) is 36.1 cm³/mol. The van der Waals surface area contributed by atoms with Gasteiger partial charge in [0.25, 0.3) is 0 Å². The summed E-state index contributed by atoms with van der Waals surface area (Å²) in [7, 11) is 0. The molecule has 0 N–H and O–H groups in total. The van der Waals surface area contributed by atoms with Crippen LogP contribution in [-0.4, -0.2) is 9.97 Å². The van der Waals surface area contributed by atoms with E-state index in [9.17, 15) is 13.2 Å². The molecule has 0 spiro atoms. The maximum absolute atomic E-state index is 11.9. The van der Waals surface area contributed by atoms with Gasteiger partial charge in [-0.25, -0.2) is 9.97 Å². The number of alkyl halides is 3. The highest BCUT2D eigenvalue weighted by Crippen LogP contribution is 2.27. The first-order chi connectivity index (χ1) is 5.54. The second-order valence-corrected chi connectivity index (χ2v) is 2.12. The molecule has 0 aliphatic rings. The molecule has 1 heterocycles. The maximum atomic E-state index is 11.9. The first-order valence-electron chi connectivity index (χ1n) is 3.22. The van der Waals surface area contributed by atoms with Crippen molar-refractivity contribution in [2.45, 2.75) is 13.1 Å². The number of halogens is 3. The minimum absolute atomic E-state index is 0.294. The molecule has 0 amide bonds. The topological polar surface area (TPSA) is 25.8 Å². The molecule has 12 heavy (non-hydrogen) atoms. The Morgan fingerprint density at radius 2 is 1.75 bits per heavy atom. The molecule has 1 radical (unpaired) electrons. The van der Waals surface area contributed by atoms with E-state index in [2.05, 4.69) is 9.97 Å². The van der Waals surface area contributed by atoms with E-state index in [-0.39, 0.29) is 0 Å². The Balaban J connectivity index is 2.93. The molecule has 5 heteroatoms. The first kappa shape index (κ1) is 8.96. The van der Waals surface area contributed by atoms with Crippen molar-refractivity contribution in [3.8, 4) is 0 Å². The van der Waals surface area contributed by atoms with Crippen LogP contribution >= 0.6 is 0 Å². The van der Waals surface area contributed by atoms with Crippen LogP contribution in [0.2, 0.25) is 0 Å². The largest absolute Gasteiger partial charge is 0.419 e. The fourth-order valence-corrected chi connectivity index (χ4v) is 0.633. The van der Waals surface area contributed by atoms with Crippen molar-refractivity contribution in [3.05, 3.63) is 30.2 Å². The zero-order chi connectivity index (χ0) is 9.19. The van der Waals surface area contributed by atoms with Gasteiger partial charge in [-0.1, -0.05) is 6.92 Å². The zero-order valence-electron chi connectivity index (χ0n) is 6.26. The summed E-state index contributed by atoms with van der Waals surface area (Å²) in [5, 5.41) is 0. The van der Waals surface area contributed by atoms with Gasteiger partial charge in [0.1, 0.15) is 5.82 Å². The number of hydrogen-bond donors (Lipinski definition) is 0. The van der Waals surface area contributed by atoms with Crippen molar-refractivity contribution >= 4 is 0 Å². The Morgan fingerprint density at radius 1 is 1.25 bits per heavy atom. The molecular weight excluding hydrogens is 169 g/mol. The van der Waals surface area contributed by atoms with E-state index in [4.69, 9.17) is 0 Å². The van der Waals surface area contributed by atoms with Crippen LogP contribution in [0.5, 0.6) is 0 Å². The van der Waals surface area contributed by atoms with E-state index in [0.29, 0.717) is 5.82 Å². The molecule has 1 aromatic heterocycles. The fourth-order valence-electron chi connectivity index (χ4n) is 0.633. The molecular formula is C7H6F3N2. The van der Waals surface area contributed by atoms with E-state index >= 15 is 0 Å². The average Bonchev–Trinajstić information content (AvgIpc) is 2.03. The Kier molecular flexibility index (Phi) is 2.30. The number of aromatic nitrogens is 2. The van der Waals surface area contributed by atoms with Crippen LogP contribution in [0.3, 0.4) is 0 Å². The number of rotatable bonds is 1. The maximum Gasteiger partial charge on any atom is 0.419 e. The number of nitrogens with zero attached hydrogens (tertiary/aromatic N) is 2. The monoisotopic (exact) mass is 175 g/mol. The quantitative estimate of drug-likeness (QED) is 0.652. The lowest BCUT2D eigenvalue weighted by Gasteiger charge is -2.04. The molecule has 0 fully saturated rings. The predicted octanol–water partition coefficient (Wildman–Crippen LogP) is 2.07. The van der Waals surface area contributed by atoms with Crippen molar-refractivity contribution in [2.75, 3.05) is 0 Å². The van der Waals surface area contributed by atoms with Crippen LogP contribution in [0, 0.1) is 6.42 Å². The van der Waals surface area contributed by atoms with Gasteiger partial charge in [-0.3, -0.25) is 0 Å². The molecule has 1 rings (SSSR count). The Bertz CT molecular complexity index is 252. The van der Waals surface area contributed by atoms with Gasteiger partial charge in [-0.05, 0) is 0 Å². The molecule has 0 saturated heterocycles. The number of hydrogen-bond acceptors (Lipinski definition) is 2. The average molecular weight is 175 g/mol. The summed E-state index contributed by atoms with van der Waals surface area (Å²) >= 11 is 0. The van der Waals surface area contributed by atoms with Crippen LogP contribution in [0.25, 0.3) is 0 Å². The summed E-state index contributed by atoms with van der Waals surface area (Å²) in [6.45, 7) is 1.66. The van der Waals surface area contributed by atoms with Crippen LogP contribution in [-0.2, 0) is 6.18 Å². The molecule has 0 saturated carbocycles. The molecule has 0 aliphatic carbocycles. The smallest absolute Gasteiger partial charge is 0.240 e. The SMILES string of the molecule is C[CH]c1ncc(C(F)(F)F)cn1. The highest BCUT2D eigenvalue weighted by molar-refractivity contribution is 5.11. The summed E-state index contributed by atoms with van der Waals surface area (Å²) < 4.78 is 35.8. The lowest BCUT2D eigenvalue weighted by atomic mass is 10.3. The van der Waals surface area contributed by atoms with E-state index < -0.39 is 11.7 Å². The molecule has 0 atom stereocenters. The van der Waals surface area contributed by atoms with Crippen LogP contribution < -0.4 is 0 Å². The van der Waals surface area contributed by atoms with Gasteiger partial charge in [-0.15, -0.1) is 0 Å². The Labute approximate surface area is 67.5 Å². The molecule has 0 aliphatic heterocycles. The normalized spacial score (nSPS) is 11.7. The standard InChI is InChI=1S/C7H6F3N2/c1-2-6-11-3-5(4-12-6)7(8,9)10/h2-4H,1H3. The second-order valence-electron chi connectivity index (χ2n) is 2.12. The van der Waals surface area contributed by atoms with Crippen molar-refractivity contribution in [1.82, 2.24) is 9.97 Å². The van der Waals surface area contributed by atoms with E-state index in [0.717, 1.165) is 12.4 Å². The van der Waals surface area contributed by atoms with Gasteiger partial charge < -0.3 is 0 Å². The highest BCUT2D eigenvalue weighted by Gasteiger charge is 2.31. The molecule has 1 aromatic rings. The second kappa shape index (κ2) is 3.08. The van der Waals surface area contributed by atoms with Crippen molar-refractivity contribution in [1.29, 1.82) is 0 Å². The molecule has 0 aromatic carbocycles. The molecule has 0 unspecified atom stereocenters. The highest BCUT2D eigenvalue weighted by atomic mass is 19.4. The fraction of sp³-hybridized carbons (Fsp3) is 0.286. The van der Waals surface area contributed by atoms with E-state index in [1.54, 1.807) is 6.92 Å². The third-order valence-electron chi connectivity index (χ3n) is 1.26. The van der Waals surface area contributed by atoms with Gasteiger partial charge >= 0.3 is 6.18 Å². The van der Waals surface area contributed by atoms with E-state index in [1.165, 1.54) is 6.42 Å². The first-order valence-corrected chi connectivity index (χ1v) is 3.22. The minimum atomic E-state index is -4.35. The van der Waals surface area contributed by atoms with Crippen molar-refractivity contribution < 1.29 is 13.2 Å². The van der Waals surface area contributed by atoms with Crippen molar-refractivity contribution in [3.63, 3.8) is 0 Å². The third-order valence-corrected chi connectivity index (χ3v) is 1.26. The summed E-state index contributed by atoms with van der Waals surface area (Å²) in [5.74, 6) is 0.294. The summed E-state index contributed by atoms with van der Waals surface area (Å²) in [6, 6.07) is 0. The van der Waals surface area contributed by atoms with Gasteiger partial charge in [0, 0.05) is 18.8 Å². The van der Waals surface area contributed by atoms with Crippen molar-refractivity contribution in [2.24, 2.45) is 0 Å².